The number of aryl methyl sites for hydroxylation is 1. The summed E-state index contributed by atoms with van der Waals surface area (Å²) in [5.41, 5.74) is 9.16. The molecule has 5 nitrogen and oxygen atoms in total. The maximum Gasteiger partial charge on any atom is 0.181 e. The van der Waals surface area contributed by atoms with Gasteiger partial charge in [-0.05, 0) is 53.1 Å². The van der Waals surface area contributed by atoms with Crippen LogP contribution in [0.2, 0.25) is 0 Å². The molecule has 6 heteroatoms. The van der Waals surface area contributed by atoms with Gasteiger partial charge in [-0.3, -0.25) is 10.1 Å². The molecule has 5 heterocycles. The van der Waals surface area contributed by atoms with Gasteiger partial charge in [-0.2, -0.15) is 16.4 Å². The van der Waals surface area contributed by atoms with Gasteiger partial charge in [-0.1, -0.05) is 24.8 Å². The van der Waals surface area contributed by atoms with Crippen LogP contribution in [0.1, 0.15) is 16.8 Å². The minimum absolute atomic E-state index is 0.686. The topological polar surface area (TPSA) is 70.2 Å². The number of aromatic nitrogens is 5. The zero-order chi connectivity index (χ0) is 20.5. The van der Waals surface area contributed by atoms with E-state index in [9.17, 15) is 0 Å². The number of nitrogens with zero attached hydrogens (tertiary/aromatic N) is 3. The van der Waals surface area contributed by atoms with E-state index in [1.54, 1.807) is 17.5 Å². The van der Waals surface area contributed by atoms with Crippen LogP contribution in [-0.2, 0) is 0 Å². The molecule has 0 radical (unpaired) electrons. The number of rotatable bonds is 5. The summed E-state index contributed by atoms with van der Waals surface area (Å²) in [6.45, 7) is 5.97. The van der Waals surface area contributed by atoms with Crippen LogP contribution in [0.25, 0.3) is 39.1 Å². The number of thiophene rings is 1. The third-order valence-electron chi connectivity index (χ3n) is 5.10. The Kier molecular flexibility index (Phi) is 4.61. The van der Waals surface area contributed by atoms with Crippen molar-refractivity contribution in [3.05, 3.63) is 95.2 Å². The monoisotopic (exact) mass is 409 g/mol. The van der Waals surface area contributed by atoms with Gasteiger partial charge in [0.05, 0.1) is 11.4 Å². The van der Waals surface area contributed by atoms with Crippen molar-refractivity contribution in [1.29, 1.82) is 0 Å². The fraction of sp³-hybridized carbons (Fsp3) is 0.0417. The molecule has 5 aromatic heterocycles. The second kappa shape index (κ2) is 7.57. The van der Waals surface area contributed by atoms with Crippen LogP contribution in [0.15, 0.2) is 78.4 Å². The maximum absolute atomic E-state index is 4.53. The van der Waals surface area contributed by atoms with E-state index in [2.05, 4.69) is 73.7 Å². The maximum atomic E-state index is 4.53. The number of H-pyrrole nitrogens is 2. The van der Waals surface area contributed by atoms with E-state index in [0.29, 0.717) is 5.65 Å². The van der Waals surface area contributed by atoms with Gasteiger partial charge in [0.1, 0.15) is 0 Å². The molecule has 0 spiro atoms. The average Bonchev–Trinajstić information content (AvgIpc) is 3.52. The Morgan fingerprint density at radius 2 is 2.10 bits per heavy atom. The summed E-state index contributed by atoms with van der Waals surface area (Å²) in [5, 5.41) is 12.8. The standard InChI is InChI=1S/C24H19N5S/c1-3-5-19(17-7-9-30-14-17)20-11-22(27-15(20)2)23-21-10-18(13-26-24(21)29-28-23)16-6-4-8-25-12-16/h3-14,27H,1H2,2H3,(H,26,28,29)/b19-5-. The lowest BCUT2D eigenvalue weighted by Crippen LogP contribution is -1.86. The highest BCUT2D eigenvalue weighted by molar-refractivity contribution is 7.08. The van der Waals surface area contributed by atoms with Crippen LogP contribution in [0.3, 0.4) is 0 Å². The van der Waals surface area contributed by atoms with Crippen LogP contribution < -0.4 is 0 Å². The minimum Gasteiger partial charge on any atom is -0.357 e. The molecule has 0 aliphatic carbocycles. The average molecular weight is 410 g/mol. The first-order valence-corrected chi connectivity index (χ1v) is 10.5. The molecule has 0 unspecified atom stereocenters. The molecular weight excluding hydrogens is 390 g/mol. The molecule has 0 fully saturated rings. The highest BCUT2D eigenvalue weighted by atomic mass is 32.1. The molecule has 0 aliphatic heterocycles. The Morgan fingerprint density at radius 1 is 1.17 bits per heavy atom. The van der Waals surface area contributed by atoms with E-state index in [1.807, 2.05) is 30.6 Å². The highest BCUT2D eigenvalue weighted by Crippen LogP contribution is 2.34. The molecule has 30 heavy (non-hydrogen) atoms. The van der Waals surface area contributed by atoms with Gasteiger partial charge >= 0.3 is 0 Å². The molecule has 0 atom stereocenters. The molecule has 0 amide bonds. The second-order valence-electron chi connectivity index (χ2n) is 6.99. The molecule has 146 valence electrons. The Morgan fingerprint density at radius 3 is 2.87 bits per heavy atom. The summed E-state index contributed by atoms with van der Waals surface area (Å²) < 4.78 is 0. The quantitative estimate of drug-likeness (QED) is 0.350. The van der Waals surface area contributed by atoms with E-state index in [4.69, 9.17) is 0 Å². The molecule has 2 N–H and O–H groups in total. The Bertz CT molecular complexity index is 1360. The second-order valence-corrected chi connectivity index (χ2v) is 7.77. The molecular formula is C24H19N5S. The first-order valence-electron chi connectivity index (χ1n) is 9.55. The first kappa shape index (κ1) is 18.3. The molecule has 0 saturated heterocycles. The normalized spacial score (nSPS) is 11.8. The number of allylic oxidation sites excluding steroid dienone is 2. The van der Waals surface area contributed by atoms with Crippen molar-refractivity contribution >= 4 is 27.9 Å². The molecule has 0 aromatic carbocycles. The van der Waals surface area contributed by atoms with Gasteiger partial charge in [-0.25, -0.2) is 4.98 Å². The van der Waals surface area contributed by atoms with Crippen LogP contribution in [-0.4, -0.2) is 25.1 Å². The van der Waals surface area contributed by atoms with Crippen molar-refractivity contribution in [3.8, 4) is 22.5 Å². The van der Waals surface area contributed by atoms with E-state index >= 15 is 0 Å². The summed E-state index contributed by atoms with van der Waals surface area (Å²) in [4.78, 5) is 12.3. The molecule has 0 aliphatic rings. The van der Waals surface area contributed by atoms with Crippen molar-refractivity contribution in [1.82, 2.24) is 25.1 Å². The predicted molar refractivity (Wildman–Crippen MR) is 123 cm³/mol. The number of hydrogen-bond donors (Lipinski definition) is 2. The summed E-state index contributed by atoms with van der Waals surface area (Å²) in [6.07, 6.45) is 9.32. The Labute approximate surface area is 177 Å². The number of pyridine rings is 2. The van der Waals surface area contributed by atoms with Crippen LogP contribution in [0.5, 0.6) is 0 Å². The third kappa shape index (κ3) is 3.17. The Balaban J connectivity index is 1.62. The van der Waals surface area contributed by atoms with E-state index in [-0.39, 0.29) is 0 Å². The SMILES string of the molecule is C=C/C=C(/c1ccsc1)c1cc(-c2[nH]nc3ncc(-c4cccnc4)cc23)[nH]c1C. The molecule has 0 saturated carbocycles. The van der Waals surface area contributed by atoms with Crippen molar-refractivity contribution in [2.75, 3.05) is 0 Å². The minimum atomic E-state index is 0.686. The molecule has 0 bridgehead atoms. The molecule has 5 rings (SSSR count). The van der Waals surface area contributed by atoms with Gasteiger partial charge in [0, 0.05) is 46.4 Å². The number of aromatic amines is 2. The first-order chi connectivity index (χ1) is 14.7. The summed E-state index contributed by atoms with van der Waals surface area (Å²) in [6, 6.07) is 10.3. The van der Waals surface area contributed by atoms with Crippen LogP contribution in [0, 0.1) is 6.92 Å². The highest BCUT2D eigenvalue weighted by Gasteiger charge is 2.16. The summed E-state index contributed by atoms with van der Waals surface area (Å²) in [5.74, 6) is 0. The van der Waals surface area contributed by atoms with Gasteiger partial charge < -0.3 is 4.98 Å². The fourth-order valence-electron chi connectivity index (χ4n) is 3.65. The lowest BCUT2D eigenvalue weighted by molar-refractivity contribution is 1.09. The van der Waals surface area contributed by atoms with Crippen LogP contribution in [0.4, 0.5) is 0 Å². The van der Waals surface area contributed by atoms with Gasteiger partial charge in [0.25, 0.3) is 0 Å². The Hall–Kier alpha value is -3.77. The lowest BCUT2D eigenvalue weighted by Gasteiger charge is -2.04. The van der Waals surface area contributed by atoms with Crippen LogP contribution >= 0.6 is 11.3 Å². The number of hydrogen-bond acceptors (Lipinski definition) is 4. The zero-order valence-electron chi connectivity index (χ0n) is 16.4. The largest absolute Gasteiger partial charge is 0.357 e. The van der Waals surface area contributed by atoms with E-state index < -0.39 is 0 Å². The smallest absolute Gasteiger partial charge is 0.181 e. The number of nitrogens with one attached hydrogen (secondary N) is 2. The number of fused-ring (bicyclic) bond motifs is 1. The fourth-order valence-corrected chi connectivity index (χ4v) is 4.30. The van der Waals surface area contributed by atoms with Gasteiger partial charge in [0.15, 0.2) is 5.65 Å². The summed E-state index contributed by atoms with van der Waals surface area (Å²) >= 11 is 1.69. The van der Waals surface area contributed by atoms with Crippen molar-refractivity contribution in [3.63, 3.8) is 0 Å². The van der Waals surface area contributed by atoms with Crippen molar-refractivity contribution in [2.24, 2.45) is 0 Å². The van der Waals surface area contributed by atoms with Gasteiger partial charge in [-0.15, -0.1) is 0 Å². The zero-order valence-corrected chi connectivity index (χ0v) is 17.2. The van der Waals surface area contributed by atoms with E-state index in [0.717, 1.165) is 44.7 Å². The van der Waals surface area contributed by atoms with Crippen molar-refractivity contribution in [2.45, 2.75) is 6.92 Å². The third-order valence-corrected chi connectivity index (χ3v) is 5.78. The molecule has 5 aromatic rings. The summed E-state index contributed by atoms with van der Waals surface area (Å²) in [7, 11) is 0. The van der Waals surface area contributed by atoms with E-state index in [1.165, 1.54) is 5.56 Å². The van der Waals surface area contributed by atoms with Gasteiger partial charge in [0.2, 0.25) is 0 Å². The lowest BCUT2D eigenvalue weighted by atomic mass is 10.00. The van der Waals surface area contributed by atoms with Crippen molar-refractivity contribution < 1.29 is 0 Å². The predicted octanol–water partition coefficient (Wildman–Crippen LogP) is 6.00.